The third-order valence-electron chi connectivity index (χ3n) is 5.61. The first-order valence-electron chi connectivity index (χ1n) is 10.1. The maximum Gasteiger partial charge on any atom is 0.254 e. The number of carbonyl (C=O) groups is 1. The van der Waals surface area contributed by atoms with Gasteiger partial charge in [0.05, 0.1) is 15.6 Å². The maximum atomic E-state index is 13.4. The number of pyridine rings is 1. The summed E-state index contributed by atoms with van der Waals surface area (Å²) >= 11 is 12.3. The van der Waals surface area contributed by atoms with Gasteiger partial charge in [-0.15, -0.1) is 0 Å². The van der Waals surface area contributed by atoms with Crippen molar-refractivity contribution in [3.63, 3.8) is 0 Å². The lowest BCUT2D eigenvalue weighted by Crippen LogP contribution is -2.55. The molecular formula is C23H23Cl2N3O2. The molecule has 0 saturated carbocycles. The zero-order valence-electron chi connectivity index (χ0n) is 16.7. The van der Waals surface area contributed by atoms with Gasteiger partial charge in [-0.3, -0.25) is 9.59 Å². The highest BCUT2D eigenvalue weighted by molar-refractivity contribution is 6.42. The van der Waals surface area contributed by atoms with E-state index in [4.69, 9.17) is 23.2 Å². The third kappa shape index (κ3) is 4.05. The second-order valence-electron chi connectivity index (χ2n) is 7.58. The molecule has 5 nitrogen and oxygen atoms in total. The topological polar surface area (TPSA) is 56.4 Å². The summed E-state index contributed by atoms with van der Waals surface area (Å²) in [6.45, 7) is 3.99. The largest absolute Gasteiger partial charge is 0.365 e. The summed E-state index contributed by atoms with van der Waals surface area (Å²) in [5, 5.41) is 1.82. The predicted octanol–water partition coefficient (Wildman–Crippen LogP) is 4.97. The highest BCUT2D eigenvalue weighted by Crippen LogP contribution is 2.30. The molecule has 156 valence electrons. The van der Waals surface area contributed by atoms with Crippen LogP contribution in [0, 0.1) is 0 Å². The molecule has 1 unspecified atom stereocenters. The van der Waals surface area contributed by atoms with E-state index in [2.05, 4.69) is 16.8 Å². The molecule has 2 aromatic carbocycles. The highest BCUT2D eigenvalue weighted by Gasteiger charge is 2.30. The Kier molecular flexibility index (Phi) is 6.02. The standard InChI is InChI=1S/C23H23Cl2N3O2/c1-2-5-16-14-27(10-11-28(16)15-8-9-19(24)20(25)12-15)23(30)18-13-22(29)26-21-7-4-3-6-17(18)21/h3-4,6-9,12-13,16H,2,5,10-11,14H2,1H3,(H,26,29). The molecule has 0 bridgehead atoms. The van der Waals surface area contributed by atoms with Crippen LogP contribution < -0.4 is 10.5 Å². The molecule has 1 fully saturated rings. The van der Waals surface area contributed by atoms with E-state index < -0.39 is 0 Å². The van der Waals surface area contributed by atoms with Gasteiger partial charge in [0.25, 0.3) is 5.91 Å². The Balaban J connectivity index is 1.62. The van der Waals surface area contributed by atoms with Crippen LogP contribution in [0.4, 0.5) is 5.69 Å². The van der Waals surface area contributed by atoms with Crippen LogP contribution in [0.15, 0.2) is 53.3 Å². The first-order chi connectivity index (χ1) is 14.5. The first-order valence-corrected chi connectivity index (χ1v) is 10.9. The average molecular weight is 444 g/mol. The van der Waals surface area contributed by atoms with Gasteiger partial charge >= 0.3 is 0 Å². The number of nitrogens with zero attached hydrogens (tertiary/aromatic N) is 2. The Morgan fingerprint density at radius 3 is 2.67 bits per heavy atom. The number of nitrogens with one attached hydrogen (secondary N) is 1. The minimum Gasteiger partial charge on any atom is -0.365 e. The number of benzene rings is 2. The quantitative estimate of drug-likeness (QED) is 0.619. The van der Waals surface area contributed by atoms with E-state index in [0.29, 0.717) is 40.8 Å². The summed E-state index contributed by atoms with van der Waals surface area (Å²) in [6, 6.07) is 14.6. The summed E-state index contributed by atoms with van der Waals surface area (Å²) in [5.74, 6) is -0.104. The average Bonchev–Trinajstić information content (AvgIpc) is 2.75. The second-order valence-corrected chi connectivity index (χ2v) is 8.39. The van der Waals surface area contributed by atoms with Gasteiger partial charge in [0.2, 0.25) is 5.56 Å². The van der Waals surface area contributed by atoms with Crippen molar-refractivity contribution in [3.8, 4) is 0 Å². The van der Waals surface area contributed by atoms with Crippen molar-refractivity contribution < 1.29 is 4.79 Å². The van der Waals surface area contributed by atoms with Crippen molar-refractivity contribution >= 4 is 45.7 Å². The van der Waals surface area contributed by atoms with Crippen molar-refractivity contribution in [2.45, 2.75) is 25.8 Å². The van der Waals surface area contributed by atoms with E-state index >= 15 is 0 Å². The first kappa shape index (κ1) is 20.8. The monoisotopic (exact) mass is 443 g/mol. The van der Waals surface area contributed by atoms with Crippen LogP contribution in [0.1, 0.15) is 30.1 Å². The Morgan fingerprint density at radius 2 is 1.90 bits per heavy atom. The zero-order chi connectivity index (χ0) is 21.3. The smallest absolute Gasteiger partial charge is 0.254 e. The van der Waals surface area contributed by atoms with E-state index in [1.165, 1.54) is 6.07 Å². The number of hydrogen-bond donors (Lipinski definition) is 1. The molecule has 1 amide bonds. The summed E-state index contributed by atoms with van der Waals surface area (Å²) in [7, 11) is 0. The van der Waals surface area contributed by atoms with Gasteiger partial charge in [0.15, 0.2) is 0 Å². The summed E-state index contributed by atoms with van der Waals surface area (Å²) in [4.78, 5) is 32.4. The van der Waals surface area contributed by atoms with Crippen LogP contribution in [0.5, 0.6) is 0 Å². The molecule has 1 atom stereocenters. The molecule has 1 saturated heterocycles. The van der Waals surface area contributed by atoms with Gasteiger partial charge in [-0.1, -0.05) is 54.7 Å². The summed E-state index contributed by atoms with van der Waals surface area (Å²) < 4.78 is 0. The Hall–Kier alpha value is -2.50. The lowest BCUT2D eigenvalue weighted by atomic mass is 10.0. The number of halogens is 2. The van der Waals surface area contributed by atoms with Crippen LogP contribution in [-0.2, 0) is 0 Å². The Labute approximate surface area is 185 Å². The molecule has 1 aliphatic rings. The van der Waals surface area contributed by atoms with Gasteiger partial charge in [0.1, 0.15) is 0 Å². The highest BCUT2D eigenvalue weighted by atomic mass is 35.5. The number of aromatic nitrogens is 1. The van der Waals surface area contributed by atoms with Crippen LogP contribution in [0.2, 0.25) is 10.0 Å². The van der Waals surface area contributed by atoms with Crippen LogP contribution in [-0.4, -0.2) is 41.5 Å². The van der Waals surface area contributed by atoms with Crippen LogP contribution in [0.3, 0.4) is 0 Å². The molecule has 0 spiro atoms. The molecule has 7 heteroatoms. The number of hydrogen-bond acceptors (Lipinski definition) is 3. The SMILES string of the molecule is CCCC1CN(C(=O)c2cc(=O)[nH]c3ccccc23)CCN1c1ccc(Cl)c(Cl)c1. The number of anilines is 1. The molecule has 0 aliphatic carbocycles. The van der Waals surface area contributed by atoms with E-state index in [1.54, 1.807) is 0 Å². The fraction of sp³-hybridized carbons (Fsp3) is 0.304. The zero-order valence-corrected chi connectivity index (χ0v) is 18.2. The van der Waals surface area contributed by atoms with Gasteiger partial charge in [-0.2, -0.15) is 0 Å². The molecule has 0 radical (unpaired) electrons. The van der Waals surface area contributed by atoms with Gasteiger partial charge in [-0.05, 0) is 30.7 Å². The number of aromatic amines is 1. The fourth-order valence-electron chi connectivity index (χ4n) is 4.18. The number of amides is 1. The Morgan fingerprint density at radius 1 is 1.10 bits per heavy atom. The van der Waals surface area contributed by atoms with Crippen molar-refractivity contribution in [2.75, 3.05) is 24.5 Å². The number of para-hydroxylation sites is 1. The minimum atomic E-state index is -0.267. The molecule has 1 N–H and O–H groups in total. The molecule has 4 rings (SSSR count). The fourth-order valence-corrected chi connectivity index (χ4v) is 4.47. The van der Waals surface area contributed by atoms with Crippen LogP contribution >= 0.6 is 23.2 Å². The number of fused-ring (bicyclic) bond motifs is 1. The molecule has 3 aromatic rings. The second kappa shape index (κ2) is 8.70. The lowest BCUT2D eigenvalue weighted by molar-refractivity contribution is 0.0721. The predicted molar refractivity (Wildman–Crippen MR) is 123 cm³/mol. The minimum absolute atomic E-state index is 0.104. The van der Waals surface area contributed by atoms with Crippen molar-refractivity contribution in [3.05, 3.63) is 74.5 Å². The van der Waals surface area contributed by atoms with E-state index in [9.17, 15) is 9.59 Å². The summed E-state index contributed by atoms with van der Waals surface area (Å²) in [5.41, 5.74) is 1.87. The van der Waals surface area contributed by atoms with Crippen molar-refractivity contribution in [1.82, 2.24) is 9.88 Å². The van der Waals surface area contributed by atoms with Crippen molar-refractivity contribution in [1.29, 1.82) is 0 Å². The van der Waals surface area contributed by atoms with Gasteiger partial charge < -0.3 is 14.8 Å². The third-order valence-corrected chi connectivity index (χ3v) is 6.35. The Bertz CT molecular complexity index is 1140. The number of rotatable bonds is 4. The van der Waals surface area contributed by atoms with Gasteiger partial charge in [0, 0.05) is 48.3 Å². The maximum absolute atomic E-state index is 13.4. The van der Waals surface area contributed by atoms with Crippen LogP contribution in [0.25, 0.3) is 10.9 Å². The normalized spacial score (nSPS) is 16.8. The van der Waals surface area contributed by atoms with Gasteiger partial charge in [-0.25, -0.2) is 0 Å². The lowest BCUT2D eigenvalue weighted by Gasteiger charge is -2.43. The summed E-state index contributed by atoms with van der Waals surface area (Å²) in [6.07, 6.45) is 1.94. The molecule has 1 aromatic heterocycles. The van der Waals surface area contributed by atoms with E-state index in [1.807, 2.05) is 47.4 Å². The van der Waals surface area contributed by atoms with E-state index in [-0.39, 0.29) is 17.5 Å². The number of H-pyrrole nitrogens is 1. The molecule has 30 heavy (non-hydrogen) atoms. The van der Waals surface area contributed by atoms with E-state index in [0.717, 1.165) is 23.9 Å². The molecule has 1 aliphatic heterocycles. The number of carbonyl (C=O) groups excluding carboxylic acids is 1. The molecular weight excluding hydrogens is 421 g/mol. The molecule has 2 heterocycles. The number of piperazine rings is 1. The van der Waals surface area contributed by atoms with Crippen molar-refractivity contribution in [2.24, 2.45) is 0 Å².